The van der Waals surface area contributed by atoms with Gasteiger partial charge in [0.05, 0.1) is 6.54 Å². The number of aromatic amines is 1. The van der Waals surface area contributed by atoms with Gasteiger partial charge in [-0.15, -0.1) is 0 Å². The zero-order valence-electron chi connectivity index (χ0n) is 20.5. The highest BCUT2D eigenvalue weighted by Crippen LogP contribution is 2.20. The van der Waals surface area contributed by atoms with Gasteiger partial charge in [0.2, 0.25) is 5.89 Å². The van der Waals surface area contributed by atoms with Gasteiger partial charge in [-0.2, -0.15) is 0 Å². The third-order valence-electron chi connectivity index (χ3n) is 6.40. The summed E-state index contributed by atoms with van der Waals surface area (Å²) in [6.45, 7) is 10.4. The Hall–Kier alpha value is -3.38. The van der Waals surface area contributed by atoms with E-state index in [0.29, 0.717) is 18.1 Å². The molecule has 0 aliphatic heterocycles. The predicted molar refractivity (Wildman–Crippen MR) is 136 cm³/mol. The Morgan fingerprint density at radius 1 is 1.15 bits per heavy atom. The van der Waals surface area contributed by atoms with Crippen LogP contribution in [0, 0.1) is 13.8 Å². The largest absolute Gasteiger partial charge is 0.447 e. The number of aromatic nitrogens is 2. The number of carbonyl (C=O) groups is 1. The van der Waals surface area contributed by atoms with Crippen LogP contribution in [0.2, 0.25) is 0 Å². The molecule has 0 saturated carbocycles. The van der Waals surface area contributed by atoms with Crippen molar-refractivity contribution in [3.8, 4) is 0 Å². The second-order valence-electron chi connectivity index (χ2n) is 9.16. The second-order valence-corrected chi connectivity index (χ2v) is 9.16. The minimum Gasteiger partial charge on any atom is -0.447 e. The summed E-state index contributed by atoms with van der Waals surface area (Å²) in [6.07, 6.45) is 5.33. The Labute approximate surface area is 201 Å². The van der Waals surface area contributed by atoms with Crippen LogP contribution in [0.15, 0.2) is 59.3 Å². The maximum Gasteiger partial charge on any atom is 0.273 e. The van der Waals surface area contributed by atoms with Gasteiger partial charge in [0, 0.05) is 36.2 Å². The predicted octanol–water partition coefficient (Wildman–Crippen LogP) is 5.55. The van der Waals surface area contributed by atoms with Crippen LogP contribution >= 0.6 is 0 Å². The normalized spacial score (nSPS) is 12.4. The van der Waals surface area contributed by atoms with E-state index in [9.17, 15) is 4.79 Å². The average molecular weight is 459 g/mol. The zero-order valence-corrected chi connectivity index (χ0v) is 20.5. The molecule has 178 valence electrons. The number of benzene rings is 2. The number of nitrogens with zero attached hydrogens (tertiary/aromatic N) is 2. The van der Waals surface area contributed by atoms with E-state index in [0.717, 1.165) is 31.4 Å². The van der Waals surface area contributed by atoms with Crippen molar-refractivity contribution in [3.05, 3.63) is 88.8 Å². The smallest absolute Gasteiger partial charge is 0.273 e. The van der Waals surface area contributed by atoms with E-state index >= 15 is 0 Å². The van der Waals surface area contributed by atoms with E-state index < -0.39 is 0 Å². The number of hydrogen-bond donors (Lipinski definition) is 2. The van der Waals surface area contributed by atoms with Gasteiger partial charge >= 0.3 is 0 Å². The molecule has 0 aliphatic rings. The molecular formula is C28H34N4O2. The maximum atomic E-state index is 12.4. The summed E-state index contributed by atoms with van der Waals surface area (Å²) in [5.74, 6) is 0.364. The van der Waals surface area contributed by atoms with E-state index in [1.54, 1.807) is 0 Å². The summed E-state index contributed by atoms with van der Waals surface area (Å²) in [5, 5.41) is 4.21. The van der Waals surface area contributed by atoms with Crippen LogP contribution in [0.5, 0.6) is 0 Å². The minimum absolute atomic E-state index is 0.101. The van der Waals surface area contributed by atoms with Crippen LogP contribution in [0.4, 0.5) is 0 Å². The first kappa shape index (κ1) is 23.8. The molecule has 2 aromatic carbocycles. The lowest BCUT2D eigenvalue weighted by Gasteiger charge is -2.22. The third-order valence-corrected chi connectivity index (χ3v) is 6.40. The first-order valence-electron chi connectivity index (χ1n) is 12.0. The summed E-state index contributed by atoms with van der Waals surface area (Å²) >= 11 is 0. The second kappa shape index (κ2) is 10.7. The minimum atomic E-state index is -0.191. The van der Waals surface area contributed by atoms with Gasteiger partial charge in [0.25, 0.3) is 5.91 Å². The number of amides is 1. The molecule has 2 aromatic heterocycles. The molecule has 6 heteroatoms. The van der Waals surface area contributed by atoms with Gasteiger partial charge in [0.15, 0.2) is 5.69 Å². The molecule has 1 amide bonds. The number of aryl methyl sites for hydroxylation is 2. The maximum absolute atomic E-state index is 12.4. The zero-order chi connectivity index (χ0) is 24.1. The van der Waals surface area contributed by atoms with Gasteiger partial charge in [-0.3, -0.25) is 9.69 Å². The first-order valence-corrected chi connectivity index (χ1v) is 12.0. The van der Waals surface area contributed by atoms with Gasteiger partial charge in [-0.1, -0.05) is 48.9 Å². The molecule has 0 bridgehead atoms. The van der Waals surface area contributed by atoms with Crippen LogP contribution in [-0.4, -0.2) is 33.4 Å². The highest BCUT2D eigenvalue weighted by Gasteiger charge is 2.17. The molecule has 0 spiro atoms. The molecule has 0 fully saturated rings. The van der Waals surface area contributed by atoms with Gasteiger partial charge in [0.1, 0.15) is 6.26 Å². The van der Waals surface area contributed by atoms with Crippen molar-refractivity contribution in [2.45, 2.75) is 59.7 Å². The van der Waals surface area contributed by atoms with E-state index in [4.69, 9.17) is 4.42 Å². The molecule has 1 unspecified atom stereocenters. The van der Waals surface area contributed by atoms with Crippen molar-refractivity contribution < 1.29 is 9.21 Å². The van der Waals surface area contributed by atoms with Crippen LogP contribution in [0.25, 0.3) is 10.9 Å². The molecule has 4 aromatic rings. The van der Waals surface area contributed by atoms with E-state index in [1.807, 2.05) is 19.9 Å². The highest BCUT2D eigenvalue weighted by atomic mass is 16.3. The average Bonchev–Trinajstić information content (AvgIpc) is 3.47. The molecular weight excluding hydrogens is 424 g/mol. The van der Waals surface area contributed by atoms with Crippen LogP contribution in [0.1, 0.15) is 58.9 Å². The summed E-state index contributed by atoms with van der Waals surface area (Å²) in [4.78, 5) is 22.6. The number of hydrogen-bond acceptors (Lipinski definition) is 4. The molecule has 2 N–H and O–H groups in total. The summed E-state index contributed by atoms with van der Waals surface area (Å²) < 4.78 is 5.71. The third kappa shape index (κ3) is 5.75. The van der Waals surface area contributed by atoms with Crippen molar-refractivity contribution in [2.24, 2.45) is 0 Å². The van der Waals surface area contributed by atoms with Gasteiger partial charge in [-0.05, 0) is 56.4 Å². The fourth-order valence-corrected chi connectivity index (χ4v) is 4.12. The van der Waals surface area contributed by atoms with E-state index in [2.05, 4.69) is 76.6 Å². The Bertz CT molecular complexity index is 1260. The number of oxazole rings is 1. The Kier molecular flexibility index (Phi) is 7.48. The van der Waals surface area contributed by atoms with E-state index in [1.165, 1.54) is 33.9 Å². The van der Waals surface area contributed by atoms with Crippen molar-refractivity contribution in [1.82, 2.24) is 20.2 Å². The number of para-hydroxylation sites is 1. The topological polar surface area (TPSA) is 74.2 Å². The Balaban J connectivity index is 1.51. The van der Waals surface area contributed by atoms with Crippen LogP contribution in [-0.2, 0) is 19.5 Å². The fraction of sp³-hybridized carbons (Fsp3) is 0.357. The molecule has 0 saturated heterocycles. The number of H-pyrrole nitrogens is 1. The lowest BCUT2D eigenvalue weighted by molar-refractivity contribution is 0.0934. The van der Waals surface area contributed by atoms with Crippen molar-refractivity contribution in [2.75, 3.05) is 6.54 Å². The first-order chi connectivity index (χ1) is 16.4. The molecule has 4 rings (SSSR count). The molecule has 1 atom stereocenters. The standard InChI is InChI=1S/C28H34N4O2/c1-5-21(4)30-28(33)26-18-34-27(31-26)17-32(16-23-14-19(2)10-11-20(23)3)13-12-22-15-29-25-9-7-6-8-24(22)25/h6-11,14-15,18,21,29H,5,12-13,16-17H2,1-4H3,(H,30,33). The lowest BCUT2D eigenvalue weighted by atomic mass is 10.0. The van der Waals surface area contributed by atoms with Gasteiger partial charge < -0.3 is 14.7 Å². The molecule has 2 heterocycles. The van der Waals surface area contributed by atoms with Crippen molar-refractivity contribution in [3.63, 3.8) is 0 Å². The fourth-order valence-electron chi connectivity index (χ4n) is 4.12. The van der Waals surface area contributed by atoms with Crippen molar-refractivity contribution >= 4 is 16.8 Å². The summed E-state index contributed by atoms with van der Waals surface area (Å²) in [5.41, 5.74) is 6.59. The highest BCUT2D eigenvalue weighted by molar-refractivity contribution is 5.92. The number of rotatable bonds is 10. The molecule has 34 heavy (non-hydrogen) atoms. The number of carbonyl (C=O) groups excluding carboxylic acids is 1. The monoisotopic (exact) mass is 458 g/mol. The van der Waals surface area contributed by atoms with Crippen molar-refractivity contribution in [1.29, 1.82) is 0 Å². The quantitative estimate of drug-likeness (QED) is 0.327. The Morgan fingerprint density at radius 3 is 2.79 bits per heavy atom. The molecule has 0 radical (unpaired) electrons. The number of nitrogens with one attached hydrogen (secondary N) is 2. The van der Waals surface area contributed by atoms with Crippen LogP contribution in [0.3, 0.4) is 0 Å². The summed E-state index contributed by atoms with van der Waals surface area (Å²) in [6, 6.07) is 15.0. The van der Waals surface area contributed by atoms with Gasteiger partial charge in [-0.25, -0.2) is 4.98 Å². The Morgan fingerprint density at radius 2 is 1.97 bits per heavy atom. The summed E-state index contributed by atoms with van der Waals surface area (Å²) in [7, 11) is 0. The molecule has 6 nitrogen and oxygen atoms in total. The van der Waals surface area contributed by atoms with Crippen LogP contribution < -0.4 is 5.32 Å². The lowest BCUT2D eigenvalue weighted by Crippen LogP contribution is -2.32. The SMILES string of the molecule is CCC(C)NC(=O)c1coc(CN(CCc2c[nH]c3ccccc23)Cc2cc(C)ccc2C)n1. The number of fused-ring (bicyclic) bond motifs is 1. The van der Waals surface area contributed by atoms with E-state index in [-0.39, 0.29) is 11.9 Å². The molecule has 0 aliphatic carbocycles.